The van der Waals surface area contributed by atoms with E-state index in [4.69, 9.17) is 16.2 Å². The number of nitrogens with zero attached hydrogens (tertiary/aromatic N) is 3. The first-order chi connectivity index (χ1) is 19.1. The molecular weight excluding hydrogens is 541 g/mol. The maximum atomic E-state index is 13.0. The lowest BCUT2D eigenvalue weighted by atomic mass is 9.90. The van der Waals surface area contributed by atoms with E-state index in [-0.39, 0.29) is 34.8 Å². The van der Waals surface area contributed by atoms with Gasteiger partial charge in [-0.15, -0.1) is 0 Å². The highest BCUT2D eigenvalue weighted by atomic mass is 19.4. The number of hydrogen-bond acceptors (Lipinski definition) is 6. The minimum Gasteiger partial charge on any atom is -0.444 e. The van der Waals surface area contributed by atoms with Crippen molar-refractivity contribution in [2.75, 3.05) is 24.1 Å². The minimum atomic E-state index is -4.57. The molecule has 0 atom stereocenters. The Balaban J connectivity index is 1.51. The fourth-order valence-electron chi connectivity index (χ4n) is 4.66. The van der Waals surface area contributed by atoms with Crippen LogP contribution in [0, 0.1) is 0 Å². The fourth-order valence-corrected chi connectivity index (χ4v) is 4.66. The normalized spacial score (nSPS) is 14.5. The van der Waals surface area contributed by atoms with E-state index in [1.807, 2.05) is 0 Å². The van der Waals surface area contributed by atoms with Crippen LogP contribution in [0.1, 0.15) is 71.5 Å². The Morgan fingerprint density at radius 2 is 1.68 bits per heavy atom. The van der Waals surface area contributed by atoms with Gasteiger partial charge in [-0.25, -0.2) is 9.78 Å². The number of pyridine rings is 1. The molecular formula is C28H31F3N6O4. The molecule has 1 aromatic carbocycles. The van der Waals surface area contributed by atoms with E-state index < -0.39 is 29.2 Å². The van der Waals surface area contributed by atoms with Gasteiger partial charge in [0, 0.05) is 36.7 Å². The van der Waals surface area contributed by atoms with Crippen molar-refractivity contribution in [1.29, 1.82) is 0 Å². The van der Waals surface area contributed by atoms with Crippen LogP contribution in [0.3, 0.4) is 0 Å². The van der Waals surface area contributed by atoms with Gasteiger partial charge >= 0.3 is 12.3 Å². The van der Waals surface area contributed by atoms with Crippen LogP contribution in [0.2, 0.25) is 0 Å². The number of nitrogens with two attached hydrogens (primary N) is 2. The summed E-state index contributed by atoms with van der Waals surface area (Å²) < 4.78 is 45.9. The summed E-state index contributed by atoms with van der Waals surface area (Å²) in [7, 11) is 0. The maximum Gasteiger partial charge on any atom is 0.416 e. The van der Waals surface area contributed by atoms with E-state index in [0.29, 0.717) is 31.6 Å². The Morgan fingerprint density at radius 1 is 1.05 bits per heavy atom. The SMILES string of the molecule is CC(C)(C)OC(=O)N1CCC(c2cn(-c3ccc(C(=O)Nc4cc(C(F)(F)F)ccn4)cc3)c(C(N)=O)c2N)CC1. The lowest BCUT2D eigenvalue weighted by Gasteiger charge is -2.33. The van der Waals surface area contributed by atoms with E-state index in [0.717, 1.165) is 23.9 Å². The van der Waals surface area contributed by atoms with Gasteiger partial charge in [-0.1, -0.05) is 0 Å². The van der Waals surface area contributed by atoms with Gasteiger partial charge in [0.25, 0.3) is 11.8 Å². The predicted molar refractivity (Wildman–Crippen MR) is 146 cm³/mol. The van der Waals surface area contributed by atoms with Gasteiger partial charge in [-0.05, 0) is 81.5 Å². The summed E-state index contributed by atoms with van der Waals surface area (Å²) in [5.74, 6) is -1.68. The second kappa shape index (κ2) is 11.1. The molecule has 0 unspecified atom stereocenters. The van der Waals surface area contributed by atoms with E-state index in [1.54, 1.807) is 48.6 Å². The summed E-state index contributed by atoms with van der Waals surface area (Å²) in [4.78, 5) is 42.8. The number of anilines is 2. The Bertz CT molecular complexity index is 1450. The zero-order valence-corrected chi connectivity index (χ0v) is 22.8. The number of rotatable bonds is 5. The van der Waals surface area contributed by atoms with Crippen LogP contribution in [0.15, 0.2) is 48.8 Å². The standard InChI is InChI=1S/C28H31F3N6O4/c1-27(2,3)41-26(40)36-12-9-16(10-13-36)20-15-37(23(22(20)32)24(33)38)19-6-4-17(5-7-19)25(39)35-21-14-18(8-11-34-21)28(29,30)31/h4-8,11,14-16H,9-10,12-13,32H2,1-3H3,(H2,33,38)(H,34,35,39). The summed E-state index contributed by atoms with van der Waals surface area (Å²) >= 11 is 0. The first-order valence-electron chi connectivity index (χ1n) is 12.9. The van der Waals surface area contributed by atoms with Crippen LogP contribution in [0.25, 0.3) is 5.69 Å². The molecule has 4 rings (SSSR count). The Hall–Kier alpha value is -4.55. The number of carbonyl (C=O) groups is 3. The number of ether oxygens (including phenoxy) is 1. The van der Waals surface area contributed by atoms with Crippen molar-refractivity contribution in [3.8, 4) is 5.69 Å². The number of likely N-dealkylation sites (tertiary alicyclic amines) is 1. The van der Waals surface area contributed by atoms with Crippen molar-refractivity contribution < 1.29 is 32.3 Å². The second-order valence-corrected chi connectivity index (χ2v) is 10.8. The number of nitrogens with one attached hydrogen (secondary N) is 1. The van der Waals surface area contributed by atoms with Gasteiger partial charge < -0.3 is 31.0 Å². The average Bonchev–Trinajstić information content (AvgIpc) is 3.24. The molecule has 5 N–H and O–H groups in total. The molecule has 1 aliphatic heterocycles. The number of primary amides is 1. The molecule has 13 heteroatoms. The van der Waals surface area contributed by atoms with Crippen LogP contribution >= 0.6 is 0 Å². The van der Waals surface area contributed by atoms with Gasteiger partial charge in [0.2, 0.25) is 0 Å². The second-order valence-electron chi connectivity index (χ2n) is 10.8. The molecule has 0 bridgehead atoms. The van der Waals surface area contributed by atoms with Crippen molar-refractivity contribution in [1.82, 2.24) is 14.5 Å². The Labute approximate surface area is 234 Å². The quantitative estimate of drug-likeness (QED) is 0.395. The van der Waals surface area contributed by atoms with Gasteiger partial charge in [-0.3, -0.25) is 9.59 Å². The molecule has 3 aromatic rings. The third-order valence-corrected chi connectivity index (χ3v) is 6.63. The van der Waals surface area contributed by atoms with Crippen LogP contribution < -0.4 is 16.8 Å². The number of benzene rings is 1. The third kappa shape index (κ3) is 6.79. The molecule has 1 aliphatic rings. The van der Waals surface area contributed by atoms with Crippen LogP contribution in [0.5, 0.6) is 0 Å². The molecule has 0 spiro atoms. The number of aromatic nitrogens is 2. The monoisotopic (exact) mass is 572 g/mol. The van der Waals surface area contributed by atoms with Crippen molar-refractivity contribution in [2.45, 2.75) is 51.3 Å². The average molecular weight is 573 g/mol. The van der Waals surface area contributed by atoms with E-state index in [9.17, 15) is 27.6 Å². The van der Waals surface area contributed by atoms with Crippen molar-refractivity contribution in [2.24, 2.45) is 5.73 Å². The molecule has 10 nitrogen and oxygen atoms in total. The van der Waals surface area contributed by atoms with Crippen LogP contribution in [-0.2, 0) is 10.9 Å². The van der Waals surface area contributed by atoms with Gasteiger partial charge in [-0.2, -0.15) is 13.2 Å². The molecule has 3 amide bonds. The fraction of sp³-hybridized carbons (Fsp3) is 0.357. The summed E-state index contributed by atoms with van der Waals surface area (Å²) in [5, 5.41) is 2.35. The first kappa shape index (κ1) is 29.4. The van der Waals surface area contributed by atoms with E-state index in [2.05, 4.69) is 10.3 Å². The maximum absolute atomic E-state index is 13.0. The number of nitrogen functional groups attached to an aromatic ring is 1. The lowest BCUT2D eigenvalue weighted by molar-refractivity contribution is -0.137. The van der Waals surface area contributed by atoms with Crippen LogP contribution in [-0.4, -0.2) is 51.0 Å². The van der Waals surface area contributed by atoms with Gasteiger partial charge in [0.05, 0.1) is 11.3 Å². The van der Waals surface area contributed by atoms with Crippen molar-refractivity contribution in [3.05, 3.63) is 71.2 Å². The highest BCUT2D eigenvalue weighted by Crippen LogP contribution is 2.36. The molecule has 3 heterocycles. The minimum absolute atomic E-state index is 0.0296. The lowest BCUT2D eigenvalue weighted by Crippen LogP contribution is -2.41. The van der Waals surface area contributed by atoms with E-state index in [1.165, 1.54) is 12.1 Å². The summed E-state index contributed by atoms with van der Waals surface area (Å²) in [6, 6.07) is 7.59. The molecule has 1 saturated heterocycles. The number of carbonyl (C=O) groups excluding carboxylic acids is 3. The highest BCUT2D eigenvalue weighted by molar-refractivity contribution is 6.04. The van der Waals surface area contributed by atoms with Crippen molar-refractivity contribution in [3.63, 3.8) is 0 Å². The molecule has 2 aromatic heterocycles. The topological polar surface area (TPSA) is 146 Å². The number of amides is 3. The summed E-state index contributed by atoms with van der Waals surface area (Å²) in [6.07, 6.45) is -1.06. The number of alkyl halides is 3. The predicted octanol–water partition coefficient (Wildman–Crippen LogP) is 4.94. The zero-order chi connectivity index (χ0) is 30.1. The highest BCUT2D eigenvalue weighted by Gasteiger charge is 2.32. The smallest absolute Gasteiger partial charge is 0.416 e. The number of halogens is 3. The largest absolute Gasteiger partial charge is 0.444 e. The Kier molecular flexibility index (Phi) is 8.00. The molecule has 0 radical (unpaired) electrons. The van der Waals surface area contributed by atoms with Gasteiger partial charge in [0.1, 0.15) is 17.1 Å². The number of hydrogen-bond donors (Lipinski definition) is 3. The molecule has 218 valence electrons. The molecule has 1 fully saturated rings. The molecule has 41 heavy (non-hydrogen) atoms. The molecule has 0 aliphatic carbocycles. The Morgan fingerprint density at radius 3 is 2.24 bits per heavy atom. The first-order valence-corrected chi connectivity index (χ1v) is 12.9. The van der Waals surface area contributed by atoms with Crippen molar-refractivity contribution >= 4 is 29.4 Å². The van der Waals surface area contributed by atoms with Gasteiger partial charge in [0.15, 0.2) is 0 Å². The van der Waals surface area contributed by atoms with Crippen LogP contribution in [0.4, 0.5) is 29.5 Å². The molecule has 0 saturated carbocycles. The number of piperidine rings is 1. The summed E-state index contributed by atoms with van der Waals surface area (Å²) in [6.45, 7) is 6.33. The third-order valence-electron chi connectivity index (χ3n) is 6.63. The van der Waals surface area contributed by atoms with E-state index >= 15 is 0 Å². The summed E-state index contributed by atoms with van der Waals surface area (Å²) in [5.41, 5.74) is 12.2. The zero-order valence-electron chi connectivity index (χ0n) is 22.8.